The second kappa shape index (κ2) is 8.93. The van der Waals surface area contributed by atoms with Crippen molar-refractivity contribution >= 4 is 10.9 Å². The summed E-state index contributed by atoms with van der Waals surface area (Å²) in [6, 6.07) is 8.54. The van der Waals surface area contributed by atoms with Gasteiger partial charge in [0.15, 0.2) is 0 Å². The summed E-state index contributed by atoms with van der Waals surface area (Å²) in [5, 5.41) is 1.37. The first-order valence-electron chi connectivity index (χ1n) is 8.28. The number of benzene rings is 1. The van der Waals surface area contributed by atoms with Crippen LogP contribution in [0.1, 0.15) is 19.4 Å². The molecule has 0 spiro atoms. The number of nitrogens with zero attached hydrogens (tertiary/aromatic N) is 2. The molecule has 0 saturated carbocycles. The minimum Gasteiger partial charge on any atom is -0.382 e. The largest absolute Gasteiger partial charge is 0.382 e. The molecule has 3 rings (SSSR count). The lowest BCUT2D eigenvalue weighted by molar-refractivity contribution is 0.148. The highest BCUT2D eigenvalue weighted by molar-refractivity contribution is 5.82. The van der Waals surface area contributed by atoms with Gasteiger partial charge in [-0.05, 0) is 32.5 Å². The zero-order valence-electron chi connectivity index (χ0n) is 14.1. The maximum absolute atomic E-state index is 4.83. The lowest BCUT2D eigenvalue weighted by Crippen LogP contribution is -2.43. The van der Waals surface area contributed by atoms with Crippen LogP contribution in [0.4, 0.5) is 0 Å². The number of para-hydroxylation sites is 1. The van der Waals surface area contributed by atoms with Crippen LogP contribution in [0.2, 0.25) is 0 Å². The molecule has 1 saturated heterocycles. The van der Waals surface area contributed by atoms with Crippen molar-refractivity contribution in [3.8, 4) is 0 Å². The molecule has 0 bridgehead atoms. The molecule has 0 aliphatic carbocycles. The molecule has 122 valence electrons. The normalized spacial score (nSPS) is 16.5. The number of nitrogens with one attached hydrogen (secondary N) is 1. The van der Waals surface area contributed by atoms with E-state index in [9.17, 15) is 0 Å². The Hall–Kier alpha value is -1.36. The Balaban J connectivity index is 0.000000309. The highest BCUT2D eigenvalue weighted by Crippen LogP contribution is 2.19. The summed E-state index contributed by atoms with van der Waals surface area (Å²) in [5.41, 5.74) is 2.67. The fraction of sp³-hybridized carbons (Fsp3) is 0.556. The number of likely N-dealkylation sites (N-methyl/N-ethyl adjacent to an activating group) is 1. The Morgan fingerprint density at radius 1 is 1.05 bits per heavy atom. The third-order valence-electron chi connectivity index (χ3n) is 4.07. The number of piperazine rings is 1. The molecule has 4 heteroatoms. The van der Waals surface area contributed by atoms with Gasteiger partial charge in [-0.25, -0.2) is 0 Å². The van der Waals surface area contributed by atoms with Crippen LogP contribution >= 0.6 is 0 Å². The lowest BCUT2D eigenvalue weighted by Gasteiger charge is -2.32. The average Bonchev–Trinajstić information content (AvgIpc) is 2.94. The van der Waals surface area contributed by atoms with Crippen molar-refractivity contribution in [3.63, 3.8) is 0 Å². The first kappa shape index (κ1) is 17.0. The van der Waals surface area contributed by atoms with Gasteiger partial charge in [0.2, 0.25) is 0 Å². The first-order valence-corrected chi connectivity index (χ1v) is 8.28. The minimum atomic E-state index is 0.844. The van der Waals surface area contributed by atoms with Gasteiger partial charge >= 0.3 is 0 Å². The van der Waals surface area contributed by atoms with E-state index in [0.717, 1.165) is 19.8 Å². The standard InChI is InChI=1S/C14H19N3.C4H10O/c1-16-6-8-17(9-7-16)11-12-10-15-14-5-3-2-4-13(12)14;1-3-5-4-2/h2-5,10,15H,6-9,11H2,1H3;3-4H2,1-2H3. The van der Waals surface area contributed by atoms with E-state index in [1.165, 1.54) is 42.6 Å². The van der Waals surface area contributed by atoms with Crippen LogP contribution in [-0.2, 0) is 11.3 Å². The number of aromatic nitrogens is 1. The second-order valence-electron chi connectivity index (χ2n) is 5.72. The van der Waals surface area contributed by atoms with Crippen molar-refractivity contribution in [3.05, 3.63) is 36.0 Å². The van der Waals surface area contributed by atoms with E-state index < -0.39 is 0 Å². The lowest BCUT2D eigenvalue weighted by atomic mass is 10.1. The van der Waals surface area contributed by atoms with Gasteiger partial charge in [0.1, 0.15) is 0 Å². The Morgan fingerprint density at radius 3 is 2.36 bits per heavy atom. The van der Waals surface area contributed by atoms with Crippen molar-refractivity contribution in [2.75, 3.05) is 46.4 Å². The summed E-state index contributed by atoms with van der Waals surface area (Å²) in [5.74, 6) is 0. The summed E-state index contributed by atoms with van der Waals surface area (Å²) in [4.78, 5) is 8.28. The molecular weight excluding hydrogens is 274 g/mol. The SMILES string of the molecule is CCOCC.CN1CCN(Cc2c[nH]c3ccccc23)CC1. The number of ether oxygens (including phenoxy) is 1. The van der Waals surface area contributed by atoms with Gasteiger partial charge in [0.05, 0.1) is 0 Å². The molecule has 0 radical (unpaired) electrons. The van der Waals surface area contributed by atoms with Gasteiger partial charge in [-0.15, -0.1) is 0 Å². The van der Waals surface area contributed by atoms with Crippen LogP contribution in [-0.4, -0.2) is 61.2 Å². The number of hydrogen-bond donors (Lipinski definition) is 1. The molecule has 1 aromatic carbocycles. The molecule has 2 aromatic rings. The molecule has 22 heavy (non-hydrogen) atoms. The topological polar surface area (TPSA) is 31.5 Å². The van der Waals surface area contributed by atoms with Crippen molar-refractivity contribution in [2.24, 2.45) is 0 Å². The van der Waals surface area contributed by atoms with Gasteiger partial charge in [0.25, 0.3) is 0 Å². The van der Waals surface area contributed by atoms with Gasteiger partial charge in [-0.3, -0.25) is 4.90 Å². The molecule has 0 unspecified atom stereocenters. The van der Waals surface area contributed by atoms with E-state index >= 15 is 0 Å². The molecular formula is C18H29N3O. The van der Waals surface area contributed by atoms with E-state index in [2.05, 4.69) is 52.3 Å². The second-order valence-corrected chi connectivity index (χ2v) is 5.72. The molecule has 0 atom stereocenters. The zero-order valence-corrected chi connectivity index (χ0v) is 14.1. The summed E-state index contributed by atoms with van der Waals surface area (Å²) in [6.07, 6.45) is 2.16. The Kier molecular flexibility index (Phi) is 6.90. The van der Waals surface area contributed by atoms with E-state index in [1.807, 2.05) is 13.8 Å². The number of hydrogen-bond acceptors (Lipinski definition) is 3. The van der Waals surface area contributed by atoms with E-state index in [1.54, 1.807) is 0 Å². The zero-order chi connectivity index (χ0) is 15.8. The molecule has 0 amide bonds. The maximum Gasteiger partial charge on any atom is 0.0457 e. The molecule has 4 nitrogen and oxygen atoms in total. The molecule has 1 aliphatic heterocycles. The van der Waals surface area contributed by atoms with Gasteiger partial charge in [0, 0.05) is 63.0 Å². The summed E-state index contributed by atoms with van der Waals surface area (Å²) >= 11 is 0. The van der Waals surface area contributed by atoms with Crippen LogP contribution in [0, 0.1) is 0 Å². The maximum atomic E-state index is 4.83. The minimum absolute atomic E-state index is 0.844. The van der Waals surface area contributed by atoms with E-state index in [4.69, 9.17) is 4.74 Å². The van der Waals surface area contributed by atoms with Crippen molar-refractivity contribution < 1.29 is 4.74 Å². The van der Waals surface area contributed by atoms with Crippen LogP contribution in [0.25, 0.3) is 10.9 Å². The van der Waals surface area contributed by atoms with Crippen LogP contribution in [0.3, 0.4) is 0 Å². The smallest absolute Gasteiger partial charge is 0.0457 e. The van der Waals surface area contributed by atoms with E-state index in [-0.39, 0.29) is 0 Å². The number of fused-ring (bicyclic) bond motifs is 1. The van der Waals surface area contributed by atoms with Gasteiger partial charge in [-0.1, -0.05) is 18.2 Å². The summed E-state index contributed by atoms with van der Waals surface area (Å²) < 4.78 is 4.83. The van der Waals surface area contributed by atoms with Gasteiger partial charge in [-0.2, -0.15) is 0 Å². The van der Waals surface area contributed by atoms with Crippen molar-refractivity contribution in [1.82, 2.24) is 14.8 Å². The predicted octanol–water partition coefficient (Wildman–Crippen LogP) is 2.96. The summed E-state index contributed by atoms with van der Waals surface area (Å²) in [7, 11) is 2.20. The molecule has 1 N–H and O–H groups in total. The number of aromatic amines is 1. The molecule has 2 heterocycles. The van der Waals surface area contributed by atoms with Crippen LogP contribution in [0.15, 0.2) is 30.5 Å². The fourth-order valence-electron chi connectivity index (χ4n) is 2.71. The van der Waals surface area contributed by atoms with Crippen LogP contribution < -0.4 is 0 Å². The first-order chi connectivity index (χ1) is 10.7. The third kappa shape index (κ3) is 4.83. The quantitative estimate of drug-likeness (QED) is 0.942. The Bertz CT molecular complexity index is 542. The van der Waals surface area contributed by atoms with Gasteiger partial charge < -0.3 is 14.6 Å². The average molecular weight is 303 g/mol. The molecule has 1 aromatic heterocycles. The van der Waals surface area contributed by atoms with Crippen molar-refractivity contribution in [2.45, 2.75) is 20.4 Å². The highest BCUT2D eigenvalue weighted by atomic mass is 16.5. The third-order valence-corrected chi connectivity index (χ3v) is 4.07. The Morgan fingerprint density at radius 2 is 1.73 bits per heavy atom. The monoisotopic (exact) mass is 303 g/mol. The number of rotatable bonds is 4. The van der Waals surface area contributed by atoms with E-state index in [0.29, 0.717) is 0 Å². The van der Waals surface area contributed by atoms with Crippen molar-refractivity contribution in [1.29, 1.82) is 0 Å². The Labute approximate surface area is 134 Å². The van der Waals surface area contributed by atoms with Crippen LogP contribution in [0.5, 0.6) is 0 Å². The highest BCUT2D eigenvalue weighted by Gasteiger charge is 2.15. The molecule has 1 fully saturated rings. The fourth-order valence-corrected chi connectivity index (χ4v) is 2.71. The molecule has 1 aliphatic rings. The predicted molar refractivity (Wildman–Crippen MR) is 93.2 cm³/mol. The number of H-pyrrole nitrogens is 1. The summed E-state index contributed by atoms with van der Waals surface area (Å²) in [6.45, 7) is 11.5.